The molecule has 0 unspecified atom stereocenters. The second-order valence-corrected chi connectivity index (χ2v) is 4.47. The Kier molecular flexibility index (Phi) is 3.75. The molecule has 1 N–H and O–H groups in total. The summed E-state index contributed by atoms with van der Waals surface area (Å²) in [5.41, 5.74) is -1.08. The molecule has 1 aliphatic rings. The van der Waals surface area contributed by atoms with Crippen LogP contribution in [0.25, 0.3) is 5.57 Å². The summed E-state index contributed by atoms with van der Waals surface area (Å²) in [5.74, 6) is 0.380. The fraction of sp³-hybridized carbons (Fsp3) is 0.500. The summed E-state index contributed by atoms with van der Waals surface area (Å²) in [6.07, 6.45) is -1.31. The molecule has 1 aromatic rings. The van der Waals surface area contributed by atoms with Gasteiger partial charge in [0, 0.05) is 31.0 Å². The van der Waals surface area contributed by atoms with Crippen molar-refractivity contribution in [2.24, 2.45) is 0 Å². The molecule has 0 aromatic carbocycles. The molecule has 1 aromatic heterocycles. The Bertz CT molecular complexity index is 450. The molecule has 1 fully saturated rings. The number of aromatic nitrogens is 2. The number of aliphatic hydroxyl groups excluding tert-OH is 1. The minimum atomic E-state index is -4.47. The number of piperidine rings is 1. The molecule has 0 spiro atoms. The van der Waals surface area contributed by atoms with E-state index in [0.29, 0.717) is 31.9 Å². The number of hydrogen-bond acceptors (Lipinski definition) is 4. The second kappa shape index (κ2) is 5.16. The van der Waals surface area contributed by atoms with Crippen LogP contribution in [0.5, 0.6) is 0 Å². The molecule has 0 bridgehead atoms. The number of rotatable bonds is 2. The van der Waals surface area contributed by atoms with Crippen LogP contribution in [0.1, 0.15) is 18.4 Å². The van der Waals surface area contributed by atoms with Crippen molar-refractivity contribution in [2.45, 2.75) is 25.1 Å². The molecule has 2 rings (SSSR count). The molecule has 0 aliphatic carbocycles. The highest BCUT2D eigenvalue weighted by Crippen LogP contribution is 2.31. The molecule has 4 nitrogen and oxygen atoms in total. The van der Waals surface area contributed by atoms with E-state index in [4.69, 9.17) is 0 Å². The van der Waals surface area contributed by atoms with Crippen molar-refractivity contribution in [3.05, 3.63) is 24.5 Å². The van der Waals surface area contributed by atoms with Crippen LogP contribution in [0, 0.1) is 0 Å². The Morgan fingerprint density at radius 3 is 2.26 bits per heavy atom. The Morgan fingerprint density at radius 1 is 1.26 bits per heavy atom. The van der Waals surface area contributed by atoms with Gasteiger partial charge in [0.05, 0.1) is 11.7 Å². The molecule has 19 heavy (non-hydrogen) atoms. The van der Waals surface area contributed by atoms with Gasteiger partial charge in [0.15, 0.2) is 0 Å². The maximum Gasteiger partial charge on any atom is 0.416 e. The molecule has 2 heterocycles. The average molecular weight is 273 g/mol. The molecular weight excluding hydrogens is 259 g/mol. The molecule has 0 amide bonds. The Balaban J connectivity index is 2.09. The normalized spacial score (nSPS) is 17.6. The number of hydrogen-bond donors (Lipinski definition) is 1. The highest BCUT2D eigenvalue weighted by Gasteiger charge is 2.33. The molecule has 1 aliphatic heterocycles. The first-order valence-electron chi connectivity index (χ1n) is 5.89. The topological polar surface area (TPSA) is 49.2 Å². The fourth-order valence-electron chi connectivity index (χ4n) is 1.87. The lowest BCUT2D eigenvalue weighted by Gasteiger charge is -2.29. The van der Waals surface area contributed by atoms with Crippen molar-refractivity contribution in [2.75, 3.05) is 18.0 Å². The maximum absolute atomic E-state index is 12.4. The van der Waals surface area contributed by atoms with Crippen molar-refractivity contribution in [1.29, 1.82) is 0 Å². The number of anilines is 1. The van der Waals surface area contributed by atoms with Gasteiger partial charge in [-0.1, -0.05) is 6.58 Å². The van der Waals surface area contributed by atoms with Crippen molar-refractivity contribution in [3.8, 4) is 0 Å². The summed E-state index contributed by atoms with van der Waals surface area (Å²) in [5, 5.41) is 9.38. The summed E-state index contributed by atoms with van der Waals surface area (Å²) in [6.45, 7) is 4.19. The largest absolute Gasteiger partial charge is 0.416 e. The highest BCUT2D eigenvalue weighted by molar-refractivity contribution is 5.66. The molecule has 0 atom stereocenters. The molecule has 0 saturated carbocycles. The van der Waals surface area contributed by atoms with E-state index in [1.165, 1.54) is 0 Å². The van der Waals surface area contributed by atoms with Gasteiger partial charge < -0.3 is 10.0 Å². The molecule has 0 radical (unpaired) electrons. The van der Waals surface area contributed by atoms with Gasteiger partial charge in [0.1, 0.15) is 0 Å². The zero-order chi connectivity index (χ0) is 14.0. The first-order chi connectivity index (χ1) is 8.88. The van der Waals surface area contributed by atoms with Crippen molar-refractivity contribution in [1.82, 2.24) is 9.97 Å². The van der Waals surface area contributed by atoms with Gasteiger partial charge in [-0.2, -0.15) is 13.2 Å². The van der Waals surface area contributed by atoms with E-state index in [1.54, 1.807) is 0 Å². The maximum atomic E-state index is 12.4. The molecule has 1 saturated heterocycles. The van der Waals surface area contributed by atoms with Gasteiger partial charge in [0.2, 0.25) is 5.95 Å². The Hall–Kier alpha value is -1.63. The van der Waals surface area contributed by atoms with Gasteiger partial charge in [-0.05, 0) is 12.8 Å². The van der Waals surface area contributed by atoms with E-state index in [0.717, 1.165) is 12.4 Å². The van der Waals surface area contributed by atoms with Crippen LogP contribution >= 0.6 is 0 Å². The van der Waals surface area contributed by atoms with Gasteiger partial charge in [-0.25, -0.2) is 9.97 Å². The third kappa shape index (κ3) is 3.23. The van der Waals surface area contributed by atoms with Crippen LogP contribution in [0.2, 0.25) is 0 Å². The Labute approximate surface area is 108 Å². The summed E-state index contributed by atoms with van der Waals surface area (Å²) >= 11 is 0. The van der Waals surface area contributed by atoms with Gasteiger partial charge >= 0.3 is 6.18 Å². The number of alkyl halides is 3. The molecule has 7 heteroatoms. The Morgan fingerprint density at radius 2 is 1.79 bits per heavy atom. The van der Waals surface area contributed by atoms with E-state index in [-0.39, 0.29) is 11.7 Å². The van der Waals surface area contributed by atoms with Crippen molar-refractivity contribution in [3.63, 3.8) is 0 Å². The van der Waals surface area contributed by atoms with E-state index in [2.05, 4.69) is 16.5 Å². The smallest absolute Gasteiger partial charge is 0.393 e. The number of allylic oxidation sites excluding steroid dienone is 1. The van der Waals surface area contributed by atoms with Gasteiger partial charge in [-0.15, -0.1) is 0 Å². The lowest BCUT2D eigenvalue weighted by Crippen LogP contribution is -2.36. The van der Waals surface area contributed by atoms with E-state index < -0.39 is 11.7 Å². The quantitative estimate of drug-likeness (QED) is 0.895. The summed E-state index contributed by atoms with van der Waals surface area (Å²) in [4.78, 5) is 9.71. The first-order valence-corrected chi connectivity index (χ1v) is 5.89. The molecule has 104 valence electrons. The van der Waals surface area contributed by atoms with Crippen molar-refractivity contribution >= 4 is 11.5 Å². The van der Waals surface area contributed by atoms with Gasteiger partial charge in [-0.3, -0.25) is 0 Å². The number of halogens is 3. The lowest BCUT2D eigenvalue weighted by atomic mass is 10.1. The number of nitrogens with zero attached hydrogens (tertiary/aromatic N) is 3. The fourth-order valence-corrected chi connectivity index (χ4v) is 1.87. The van der Waals surface area contributed by atoms with Crippen LogP contribution in [-0.2, 0) is 0 Å². The zero-order valence-corrected chi connectivity index (χ0v) is 10.2. The minimum Gasteiger partial charge on any atom is -0.393 e. The van der Waals surface area contributed by atoms with Crippen LogP contribution in [0.3, 0.4) is 0 Å². The average Bonchev–Trinajstić information content (AvgIpc) is 2.38. The van der Waals surface area contributed by atoms with Crippen LogP contribution < -0.4 is 4.90 Å². The van der Waals surface area contributed by atoms with E-state index >= 15 is 0 Å². The summed E-state index contributed by atoms with van der Waals surface area (Å²) < 4.78 is 37.3. The summed E-state index contributed by atoms with van der Waals surface area (Å²) in [6, 6.07) is 0. The highest BCUT2D eigenvalue weighted by atomic mass is 19.4. The van der Waals surface area contributed by atoms with Crippen LogP contribution in [0.4, 0.5) is 19.1 Å². The minimum absolute atomic E-state index is 0.131. The third-order valence-electron chi connectivity index (χ3n) is 3.08. The lowest BCUT2D eigenvalue weighted by molar-refractivity contribution is -0.0687. The van der Waals surface area contributed by atoms with Crippen LogP contribution in [0.15, 0.2) is 19.0 Å². The third-order valence-corrected chi connectivity index (χ3v) is 3.08. The first kappa shape index (κ1) is 13.8. The predicted molar refractivity (Wildman–Crippen MR) is 64.6 cm³/mol. The summed E-state index contributed by atoms with van der Waals surface area (Å²) in [7, 11) is 0. The van der Waals surface area contributed by atoms with E-state index in [1.807, 2.05) is 4.90 Å². The zero-order valence-electron chi connectivity index (χ0n) is 10.2. The standard InChI is InChI=1S/C12H14F3N3O/c1-8(12(13,14)15)9-6-16-11(17-7-9)18-4-2-10(19)3-5-18/h6-7,10,19H,1-5H2. The monoisotopic (exact) mass is 273 g/mol. The van der Waals surface area contributed by atoms with Crippen LogP contribution in [-0.4, -0.2) is 40.4 Å². The van der Waals surface area contributed by atoms with E-state index in [9.17, 15) is 18.3 Å². The van der Waals surface area contributed by atoms with Crippen molar-refractivity contribution < 1.29 is 18.3 Å². The number of aliphatic hydroxyl groups is 1. The van der Waals surface area contributed by atoms with Gasteiger partial charge in [0.25, 0.3) is 0 Å². The molecular formula is C12H14F3N3O. The second-order valence-electron chi connectivity index (χ2n) is 4.47. The predicted octanol–water partition coefficient (Wildman–Crippen LogP) is 2.01. The SMILES string of the molecule is C=C(c1cnc(N2CCC(O)CC2)nc1)C(F)(F)F.